The molecule has 0 fully saturated rings. The molecule has 1 aromatic rings. The van der Waals surface area contributed by atoms with E-state index >= 15 is 0 Å². The Morgan fingerprint density at radius 2 is 2.25 bits per heavy atom. The topological polar surface area (TPSA) is 84.0 Å². The molecule has 0 radical (unpaired) electrons. The number of nitriles is 1. The van der Waals surface area contributed by atoms with Gasteiger partial charge in [0.1, 0.15) is 0 Å². The Morgan fingerprint density at radius 1 is 1.62 bits per heavy atom. The van der Waals surface area contributed by atoms with Crippen molar-refractivity contribution in [1.29, 1.82) is 5.26 Å². The van der Waals surface area contributed by atoms with Crippen LogP contribution in [0.25, 0.3) is 0 Å². The highest BCUT2D eigenvalue weighted by atomic mass is 79.9. The quantitative estimate of drug-likeness (QED) is 0.369. The molecule has 6 heteroatoms. The van der Waals surface area contributed by atoms with Crippen LogP contribution in [0.1, 0.15) is 21.5 Å². The first-order valence-corrected chi connectivity index (χ1v) is 5.42. The molecular formula is C10H7BrN2O3. The van der Waals surface area contributed by atoms with E-state index in [1.807, 2.05) is 6.07 Å². The maximum atomic E-state index is 11.5. The molecule has 0 heterocycles. The fourth-order valence-corrected chi connectivity index (χ4v) is 1.66. The number of halogens is 1. The van der Waals surface area contributed by atoms with E-state index in [-0.39, 0.29) is 33.5 Å². The average Bonchev–Trinajstić information content (AvgIpc) is 2.26. The molecule has 82 valence electrons. The van der Waals surface area contributed by atoms with Gasteiger partial charge in [-0.3, -0.25) is 14.9 Å². The first-order chi connectivity index (χ1) is 7.52. The maximum absolute atomic E-state index is 11.5. The van der Waals surface area contributed by atoms with Crippen molar-refractivity contribution in [3.63, 3.8) is 0 Å². The van der Waals surface area contributed by atoms with E-state index in [9.17, 15) is 14.9 Å². The molecule has 0 saturated carbocycles. The van der Waals surface area contributed by atoms with Crippen LogP contribution in [0.2, 0.25) is 0 Å². The molecule has 0 atom stereocenters. The lowest BCUT2D eigenvalue weighted by Gasteiger charge is -2.04. The number of hydrogen-bond acceptors (Lipinski definition) is 4. The minimum atomic E-state index is -0.633. The Hall–Kier alpha value is -1.74. The van der Waals surface area contributed by atoms with Gasteiger partial charge >= 0.3 is 0 Å². The summed E-state index contributed by atoms with van der Waals surface area (Å²) in [6, 6.07) is 4.57. The van der Waals surface area contributed by atoms with E-state index in [1.165, 1.54) is 19.1 Å². The summed E-state index contributed by atoms with van der Waals surface area (Å²) in [6.45, 7) is 1.46. The standard InChI is InChI=1S/C10H7BrN2O3/c1-6-7(5-12)2-3-8(9(14)4-11)10(6)13(15)16/h2-3H,4H2,1H3. The molecule has 0 aliphatic rings. The fourth-order valence-electron chi connectivity index (χ4n) is 1.35. The summed E-state index contributed by atoms with van der Waals surface area (Å²) in [6.07, 6.45) is 0. The summed E-state index contributed by atoms with van der Waals surface area (Å²) in [5.74, 6) is -0.376. The molecule has 0 aliphatic heterocycles. The molecule has 1 aromatic carbocycles. The van der Waals surface area contributed by atoms with Crippen molar-refractivity contribution < 1.29 is 9.72 Å². The van der Waals surface area contributed by atoms with Gasteiger partial charge < -0.3 is 0 Å². The van der Waals surface area contributed by atoms with Crippen LogP contribution in [0.15, 0.2) is 12.1 Å². The lowest BCUT2D eigenvalue weighted by Crippen LogP contribution is -2.07. The third-order valence-corrected chi connectivity index (χ3v) is 2.67. The smallest absolute Gasteiger partial charge is 0.284 e. The Kier molecular flexibility index (Phi) is 3.74. The molecule has 1 rings (SSSR count). The normalized spacial score (nSPS) is 9.56. The number of nitro benzene ring substituents is 1. The van der Waals surface area contributed by atoms with Crippen molar-refractivity contribution in [2.75, 3.05) is 5.33 Å². The zero-order valence-electron chi connectivity index (χ0n) is 8.36. The fraction of sp³-hybridized carbons (Fsp3) is 0.200. The van der Waals surface area contributed by atoms with E-state index in [2.05, 4.69) is 15.9 Å². The van der Waals surface area contributed by atoms with E-state index in [4.69, 9.17) is 5.26 Å². The summed E-state index contributed by atoms with van der Waals surface area (Å²) in [4.78, 5) is 21.7. The van der Waals surface area contributed by atoms with Crippen LogP contribution in [-0.4, -0.2) is 16.0 Å². The number of benzene rings is 1. The lowest BCUT2D eigenvalue weighted by atomic mass is 10.0. The number of hydrogen-bond donors (Lipinski definition) is 0. The van der Waals surface area contributed by atoms with Gasteiger partial charge in [0, 0.05) is 5.56 Å². The summed E-state index contributed by atoms with van der Waals surface area (Å²) in [7, 11) is 0. The molecule has 0 bridgehead atoms. The number of alkyl halides is 1. The second-order valence-electron chi connectivity index (χ2n) is 3.06. The van der Waals surface area contributed by atoms with Crippen LogP contribution in [0, 0.1) is 28.4 Å². The number of carbonyl (C=O) groups excluding carboxylic acids is 1. The van der Waals surface area contributed by atoms with Gasteiger partial charge in [-0.15, -0.1) is 0 Å². The summed E-state index contributed by atoms with van der Waals surface area (Å²) >= 11 is 2.96. The van der Waals surface area contributed by atoms with Crippen molar-refractivity contribution in [3.05, 3.63) is 38.9 Å². The molecule has 0 aliphatic carbocycles. The van der Waals surface area contributed by atoms with Gasteiger partial charge in [0.15, 0.2) is 5.78 Å². The van der Waals surface area contributed by atoms with Crippen molar-refractivity contribution in [3.8, 4) is 6.07 Å². The van der Waals surface area contributed by atoms with Crippen molar-refractivity contribution in [2.24, 2.45) is 0 Å². The predicted molar refractivity (Wildman–Crippen MR) is 60.7 cm³/mol. The molecule has 0 aromatic heterocycles. The van der Waals surface area contributed by atoms with Gasteiger partial charge in [0.25, 0.3) is 5.69 Å². The van der Waals surface area contributed by atoms with E-state index in [0.717, 1.165) is 0 Å². The van der Waals surface area contributed by atoms with Gasteiger partial charge in [-0.1, -0.05) is 15.9 Å². The van der Waals surface area contributed by atoms with Crippen molar-refractivity contribution in [1.82, 2.24) is 0 Å². The van der Waals surface area contributed by atoms with Crippen LogP contribution >= 0.6 is 15.9 Å². The predicted octanol–water partition coefficient (Wildman–Crippen LogP) is 2.35. The highest BCUT2D eigenvalue weighted by Gasteiger charge is 2.23. The zero-order valence-corrected chi connectivity index (χ0v) is 9.94. The molecule has 0 unspecified atom stereocenters. The number of nitrogens with zero attached hydrogens (tertiary/aromatic N) is 2. The second kappa shape index (κ2) is 4.86. The van der Waals surface area contributed by atoms with Crippen LogP contribution in [0.4, 0.5) is 5.69 Å². The first-order valence-electron chi connectivity index (χ1n) is 4.30. The van der Waals surface area contributed by atoms with Gasteiger partial charge in [-0.05, 0) is 19.1 Å². The highest BCUT2D eigenvalue weighted by molar-refractivity contribution is 9.09. The number of rotatable bonds is 3. The van der Waals surface area contributed by atoms with Crippen LogP contribution in [-0.2, 0) is 0 Å². The van der Waals surface area contributed by atoms with Crippen LogP contribution in [0.5, 0.6) is 0 Å². The van der Waals surface area contributed by atoms with Crippen molar-refractivity contribution in [2.45, 2.75) is 6.92 Å². The Labute approximate surface area is 100.0 Å². The SMILES string of the molecule is Cc1c(C#N)ccc(C(=O)CBr)c1[N+](=O)[O-]. The molecule has 0 saturated heterocycles. The maximum Gasteiger partial charge on any atom is 0.284 e. The van der Waals surface area contributed by atoms with Crippen LogP contribution in [0.3, 0.4) is 0 Å². The summed E-state index contributed by atoms with van der Waals surface area (Å²) in [5, 5.41) is 19.6. The Morgan fingerprint density at radius 3 is 2.69 bits per heavy atom. The molecule has 0 N–H and O–H groups in total. The number of Topliss-reactive ketones (excluding diaryl/α,β-unsaturated/α-hetero) is 1. The number of ketones is 1. The molecular weight excluding hydrogens is 276 g/mol. The van der Waals surface area contributed by atoms with Crippen LogP contribution < -0.4 is 0 Å². The second-order valence-corrected chi connectivity index (χ2v) is 3.62. The summed E-state index contributed by atoms with van der Waals surface area (Å²) in [5.41, 5.74) is 0.166. The van der Waals surface area contributed by atoms with E-state index in [0.29, 0.717) is 0 Å². The first kappa shape index (κ1) is 12.3. The van der Waals surface area contributed by atoms with Gasteiger partial charge in [0.2, 0.25) is 0 Å². The minimum absolute atomic E-state index is 0.0131. The summed E-state index contributed by atoms with van der Waals surface area (Å²) < 4.78 is 0. The van der Waals surface area contributed by atoms with Gasteiger partial charge in [-0.2, -0.15) is 5.26 Å². The lowest BCUT2D eigenvalue weighted by molar-refractivity contribution is -0.385. The van der Waals surface area contributed by atoms with Gasteiger partial charge in [-0.25, -0.2) is 0 Å². The minimum Gasteiger partial charge on any atom is -0.293 e. The highest BCUT2D eigenvalue weighted by Crippen LogP contribution is 2.26. The molecule has 5 nitrogen and oxygen atoms in total. The molecule has 16 heavy (non-hydrogen) atoms. The largest absolute Gasteiger partial charge is 0.293 e. The average molecular weight is 283 g/mol. The number of nitro groups is 1. The van der Waals surface area contributed by atoms with E-state index < -0.39 is 4.92 Å². The number of carbonyl (C=O) groups is 1. The van der Waals surface area contributed by atoms with Crippen molar-refractivity contribution >= 4 is 27.4 Å². The monoisotopic (exact) mass is 282 g/mol. The Balaban J connectivity index is 3.54. The zero-order chi connectivity index (χ0) is 12.3. The molecule has 0 amide bonds. The van der Waals surface area contributed by atoms with E-state index in [1.54, 1.807) is 0 Å². The Bertz CT molecular complexity index is 506. The van der Waals surface area contributed by atoms with Gasteiger partial charge in [0.05, 0.1) is 27.4 Å². The third-order valence-electron chi connectivity index (χ3n) is 2.16. The molecule has 0 spiro atoms. The third kappa shape index (κ3) is 2.09.